The summed E-state index contributed by atoms with van der Waals surface area (Å²) in [5.74, 6) is 0. The summed E-state index contributed by atoms with van der Waals surface area (Å²) in [6, 6.07) is 28.9. The lowest BCUT2D eigenvalue weighted by atomic mass is 10.0. The van der Waals surface area contributed by atoms with Crippen molar-refractivity contribution in [1.82, 2.24) is 14.8 Å². The van der Waals surface area contributed by atoms with Crippen LogP contribution in [0.2, 0.25) is 5.02 Å². The average molecular weight is 398 g/mol. The highest BCUT2D eigenvalue weighted by Gasteiger charge is 2.17. The maximum Gasteiger partial charge on any atom is 0.281 e. The van der Waals surface area contributed by atoms with Crippen LogP contribution >= 0.6 is 11.6 Å². The number of nitrogens with one attached hydrogen (secondary N) is 1. The van der Waals surface area contributed by atoms with Gasteiger partial charge in [-0.15, -0.1) is 0 Å². The molecule has 5 rings (SSSR count). The van der Waals surface area contributed by atoms with E-state index in [9.17, 15) is 4.79 Å². The predicted octanol–water partition coefficient (Wildman–Crippen LogP) is 5.70. The van der Waals surface area contributed by atoms with Crippen molar-refractivity contribution in [2.75, 3.05) is 0 Å². The van der Waals surface area contributed by atoms with Gasteiger partial charge in [-0.2, -0.15) is 0 Å². The molecule has 140 valence electrons. The first-order valence-electron chi connectivity index (χ1n) is 9.23. The van der Waals surface area contributed by atoms with Crippen LogP contribution in [0.4, 0.5) is 0 Å². The molecule has 2 aromatic heterocycles. The lowest BCUT2D eigenvalue weighted by Crippen LogP contribution is -2.14. The number of rotatable bonds is 3. The first-order valence-corrected chi connectivity index (χ1v) is 9.61. The number of hydrogen-bond donors (Lipinski definition) is 1. The number of halogens is 1. The number of benzene rings is 3. The fourth-order valence-corrected chi connectivity index (χ4v) is 3.70. The van der Waals surface area contributed by atoms with E-state index in [1.807, 2.05) is 91.0 Å². The Morgan fingerprint density at radius 3 is 2.21 bits per heavy atom. The lowest BCUT2D eigenvalue weighted by molar-refractivity contribution is 0.859. The molecule has 0 aliphatic heterocycles. The van der Waals surface area contributed by atoms with E-state index < -0.39 is 0 Å². The molecule has 0 unspecified atom stereocenters. The van der Waals surface area contributed by atoms with Crippen LogP contribution in [0.15, 0.2) is 95.8 Å². The molecular formula is C24H16ClN3O. The molecule has 4 nitrogen and oxygen atoms in total. The van der Waals surface area contributed by atoms with Crippen LogP contribution in [0.5, 0.6) is 0 Å². The van der Waals surface area contributed by atoms with Gasteiger partial charge in [-0.3, -0.25) is 9.89 Å². The highest BCUT2D eigenvalue weighted by atomic mass is 35.5. The quantitative estimate of drug-likeness (QED) is 0.424. The van der Waals surface area contributed by atoms with Crippen LogP contribution in [-0.4, -0.2) is 14.8 Å². The van der Waals surface area contributed by atoms with Crippen LogP contribution in [-0.2, 0) is 0 Å². The molecule has 0 saturated carbocycles. The lowest BCUT2D eigenvalue weighted by Gasteiger charge is -2.07. The van der Waals surface area contributed by atoms with Gasteiger partial charge in [0.1, 0.15) is 0 Å². The van der Waals surface area contributed by atoms with E-state index in [1.165, 1.54) is 4.68 Å². The van der Waals surface area contributed by atoms with Crippen molar-refractivity contribution >= 4 is 22.6 Å². The summed E-state index contributed by atoms with van der Waals surface area (Å²) >= 11 is 6.24. The van der Waals surface area contributed by atoms with E-state index in [-0.39, 0.29) is 5.56 Å². The molecule has 0 fully saturated rings. The molecule has 0 saturated heterocycles. The Labute approximate surface area is 172 Å². The Bertz CT molecular complexity index is 1370. The van der Waals surface area contributed by atoms with Gasteiger partial charge >= 0.3 is 0 Å². The van der Waals surface area contributed by atoms with Crippen LogP contribution < -0.4 is 5.56 Å². The summed E-state index contributed by atoms with van der Waals surface area (Å²) in [6.45, 7) is 0. The van der Waals surface area contributed by atoms with E-state index in [0.29, 0.717) is 16.1 Å². The zero-order valence-corrected chi connectivity index (χ0v) is 16.1. The topological polar surface area (TPSA) is 50.7 Å². The average Bonchev–Trinajstić information content (AvgIpc) is 3.11. The Kier molecular flexibility index (Phi) is 4.26. The third-order valence-corrected chi connectivity index (χ3v) is 5.11. The minimum Gasteiger partial charge on any atom is -0.274 e. The van der Waals surface area contributed by atoms with Crippen LogP contribution in [0.25, 0.3) is 39.1 Å². The van der Waals surface area contributed by atoms with Crippen molar-refractivity contribution in [3.63, 3.8) is 0 Å². The second-order valence-corrected chi connectivity index (χ2v) is 7.18. The van der Waals surface area contributed by atoms with E-state index >= 15 is 0 Å². The van der Waals surface area contributed by atoms with Crippen molar-refractivity contribution < 1.29 is 0 Å². The zero-order valence-electron chi connectivity index (χ0n) is 15.3. The molecular weight excluding hydrogens is 382 g/mol. The number of hydrogen-bond acceptors (Lipinski definition) is 2. The van der Waals surface area contributed by atoms with Gasteiger partial charge in [-0.05, 0) is 35.9 Å². The zero-order chi connectivity index (χ0) is 19.8. The molecule has 1 N–H and O–H groups in total. The maximum atomic E-state index is 13.3. The van der Waals surface area contributed by atoms with Crippen LogP contribution in [0, 0.1) is 0 Å². The van der Waals surface area contributed by atoms with Crippen LogP contribution in [0.3, 0.4) is 0 Å². The Balaban J connectivity index is 1.85. The van der Waals surface area contributed by atoms with Crippen LogP contribution in [0.1, 0.15) is 0 Å². The number of H-pyrrole nitrogens is 1. The van der Waals surface area contributed by atoms with E-state index in [1.54, 1.807) is 0 Å². The number of fused-ring (bicyclic) bond motifs is 1. The number of aromatic amines is 1. The van der Waals surface area contributed by atoms with Crippen molar-refractivity contribution in [2.24, 2.45) is 0 Å². The molecule has 2 heterocycles. The van der Waals surface area contributed by atoms with Gasteiger partial charge in [-0.25, -0.2) is 9.67 Å². The first-order chi connectivity index (χ1) is 14.2. The maximum absolute atomic E-state index is 13.3. The summed E-state index contributed by atoms with van der Waals surface area (Å²) in [5, 5.41) is 4.33. The number of aromatic nitrogens is 3. The van der Waals surface area contributed by atoms with Gasteiger partial charge in [0.15, 0.2) is 5.65 Å². The fourth-order valence-electron chi connectivity index (χ4n) is 3.51. The molecule has 0 bridgehead atoms. The SMILES string of the molecule is O=c1c2c(-c3cccc(Cl)c3)cc(-c3ccccc3)nc2[nH]n1-c1ccccc1. The van der Waals surface area contributed by atoms with Gasteiger partial charge < -0.3 is 0 Å². The van der Waals surface area contributed by atoms with Gasteiger partial charge in [0.25, 0.3) is 5.56 Å². The fraction of sp³-hybridized carbons (Fsp3) is 0. The Morgan fingerprint density at radius 2 is 1.48 bits per heavy atom. The number of pyridine rings is 1. The molecule has 0 amide bonds. The highest BCUT2D eigenvalue weighted by Crippen LogP contribution is 2.31. The number of para-hydroxylation sites is 1. The third-order valence-electron chi connectivity index (χ3n) is 4.87. The summed E-state index contributed by atoms with van der Waals surface area (Å²) in [4.78, 5) is 18.1. The second kappa shape index (κ2) is 7.08. The van der Waals surface area contributed by atoms with Crippen molar-refractivity contribution in [3.05, 3.63) is 106 Å². The summed E-state index contributed by atoms with van der Waals surface area (Å²) in [6.07, 6.45) is 0. The molecule has 0 radical (unpaired) electrons. The largest absolute Gasteiger partial charge is 0.281 e. The second-order valence-electron chi connectivity index (χ2n) is 6.74. The Morgan fingerprint density at radius 1 is 0.793 bits per heavy atom. The first kappa shape index (κ1) is 17.5. The van der Waals surface area contributed by atoms with E-state index in [2.05, 4.69) is 5.10 Å². The van der Waals surface area contributed by atoms with Crippen molar-refractivity contribution in [3.8, 4) is 28.1 Å². The van der Waals surface area contributed by atoms with Gasteiger partial charge in [-0.1, -0.05) is 72.3 Å². The molecule has 5 heteroatoms. The summed E-state index contributed by atoms with van der Waals surface area (Å²) < 4.78 is 1.53. The standard InChI is InChI=1S/C24H16ClN3O/c25-18-11-7-10-17(14-18)20-15-21(16-8-3-1-4-9-16)26-23-22(20)24(29)28(27-23)19-12-5-2-6-13-19/h1-15H,(H,26,27). The van der Waals surface area contributed by atoms with Gasteiger partial charge in [0.05, 0.1) is 16.8 Å². The summed E-state index contributed by atoms with van der Waals surface area (Å²) in [5.41, 5.74) is 4.59. The number of nitrogens with zero attached hydrogens (tertiary/aromatic N) is 2. The molecule has 5 aromatic rings. The minimum atomic E-state index is -0.145. The smallest absolute Gasteiger partial charge is 0.274 e. The molecule has 0 atom stereocenters. The normalized spacial score (nSPS) is 11.1. The molecule has 0 spiro atoms. The molecule has 0 aliphatic carbocycles. The van der Waals surface area contributed by atoms with Gasteiger partial charge in [0.2, 0.25) is 0 Å². The summed E-state index contributed by atoms with van der Waals surface area (Å²) in [7, 11) is 0. The van der Waals surface area contributed by atoms with E-state index in [0.717, 1.165) is 28.1 Å². The minimum absolute atomic E-state index is 0.145. The molecule has 3 aromatic carbocycles. The Hall–Kier alpha value is -3.63. The third kappa shape index (κ3) is 3.13. The van der Waals surface area contributed by atoms with Crippen molar-refractivity contribution in [2.45, 2.75) is 0 Å². The van der Waals surface area contributed by atoms with Crippen molar-refractivity contribution in [1.29, 1.82) is 0 Å². The molecule has 29 heavy (non-hydrogen) atoms. The predicted molar refractivity (Wildman–Crippen MR) is 118 cm³/mol. The van der Waals surface area contributed by atoms with E-state index in [4.69, 9.17) is 16.6 Å². The molecule has 0 aliphatic rings. The highest BCUT2D eigenvalue weighted by molar-refractivity contribution is 6.30. The monoisotopic (exact) mass is 397 g/mol. The van der Waals surface area contributed by atoms with Gasteiger partial charge in [0, 0.05) is 16.1 Å².